The Labute approximate surface area is 143 Å². The first-order valence-electron chi connectivity index (χ1n) is 9.31. The molecule has 0 aromatic rings. The summed E-state index contributed by atoms with van der Waals surface area (Å²) in [5.74, 6) is 2.40. The molecule has 23 heavy (non-hydrogen) atoms. The lowest BCUT2D eigenvalue weighted by atomic mass is 9.75. The van der Waals surface area contributed by atoms with Crippen molar-refractivity contribution >= 4 is 0 Å². The van der Waals surface area contributed by atoms with Crippen LogP contribution in [0.1, 0.15) is 67.2 Å². The van der Waals surface area contributed by atoms with Gasteiger partial charge in [0.1, 0.15) is 6.10 Å². The molecule has 1 saturated carbocycles. The maximum Gasteiger partial charge on any atom is 0.100 e. The van der Waals surface area contributed by atoms with Gasteiger partial charge in [-0.15, -0.1) is 0 Å². The van der Waals surface area contributed by atoms with Gasteiger partial charge in [0.05, 0.1) is 25.4 Å². The van der Waals surface area contributed by atoms with Crippen LogP contribution in [0.15, 0.2) is 0 Å². The Morgan fingerprint density at radius 1 is 1.09 bits per heavy atom. The van der Waals surface area contributed by atoms with Crippen LogP contribution in [0, 0.1) is 23.7 Å². The number of ether oxygens (including phenoxy) is 1. The van der Waals surface area contributed by atoms with Crippen LogP contribution in [0.25, 0.3) is 0 Å². The van der Waals surface area contributed by atoms with Crippen LogP contribution < -0.4 is 0 Å². The lowest BCUT2D eigenvalue weighted by Crippen LogP contribution is -2.36. The molecule has 0 saturated heterocycles. The maximum absolute atomic E-state index is 9.30. The monoisotopic (exact) mass is 332 g/mol. The van der Waals surface area contributed by atoms with Gasteiger partial charge in [-0.05, 0) is 43.4 Å². The van der Waals surface area contributed by atoms with Gasteiger partial charge in [-0.1, -0.05) is 47.5 Å². The first-order valence-corrected chi connectivity index (χ1v) is 9.31. The van der Waals surface area contributed by atoms with Crippen molar-refractivity contribution in [2.24, 2.45) is 23.7 Å². The summed E-state index contributed by atoms with van der Waals surface area (Å²) in [4.78, 5) is 0. The summed E-state index contributed by atoms with van der Waals surface area (Å²) >= 11 is 0. The molecule has 0 aromatic carbocycles. The number of aliphatic hydroxyl groups excluding tert-OH is 3. The Morgan fingerprint density at radius 2 is 1.70 bits per heavy atom. The molecule has 1 fully saturated rings. The van der Waals surface area contributed by atoms with Crippen LogP contribution in [0.2, 0.25) is 0 Å². The number of hydrogen-bond donors (Lipinski definition) is 3. The summed E-state index contributed by atoms with van der Waals surface area (Å²) in [5.41, 5.74) is 0. The van der Waals surface area contributed by atoms with Crippen molar-refractivity contribution in [1.29, 1.82) is 0 Å². The smallest absolute Gasteiger partial charge is 0.100 e. The minimum absolute atomic E-state index is 0.134. The molecule has 1 aliphatic rings. The number of aliphatic hydroxyl groups is 3. The van der Waals surface area contributed by atoms with Gasteiger partial charge in [-0.2, -0.15) is 0 Å². The lowest BCUT2D eigenvalue weighted by Gasteiger charge is -2.37. The van der Waals surface area contributed by atoms with Gasteiger partial charge < -0.3 is 20.1 Å². The van der Waals surface area contributed by atoms with Crippen molar-refractivity contribution in [2.45, 2.75) is 85.5 Å². The van der Waals surface area contributed by atoms with E-state index in [9.17, 15) is 5.11 Å². The van der Waals surface area contributed by atoms with Gasteiger partial charge in [0, 0.05) is 0 Å². The largest absolute Gasteiger partial charge is 0.394 e. The lowest BCUT2D eigenvalue weighted by molar-refractivity contribution is -0.0776. The molecule has 1 aliphatic carbocycles. The third-order valence-corrected chi connectivity index (χ3v) is 5.14. The van der Waals surface area contributed by atoms with Crippen LogP contribution >= 0.6 is 0 Å². The van der Waals surface area contributed by atoms with Crippen LogP contribution in [0.3, 0.4) is 0 Å². The molecule has 0 spiro atoms. The van der Waals surface area contributed by atoms with E-state index in [1.54, 1.807) is 0 Å². The average molecular weight is 333 g/mol. The van der Waals surface area contributed by atoms with Crippen molar-refractivity contribution in [3.05, 3.63) is 0 Å². The summed E-state index contributed by atoms with van der Waals surface area (Å²) in [5, 5.41) is 26.9. The van der Waals surface area contributed by atoms with Crippen LogP contribution in [0.4, 0.5) is 0 Å². The molecule has 1 rings (SSSR count). The average Bonchev–Trinajstić information content (AvgIpc) is 2.51. The van der Waals surface area contributed by atoms with Gasteiger partial charge in [-0.25, -0.2) is 0 Å². The van der Waals surface area contributed by atoms with E-state index in [0.29, 0.717) is 23.7 Å². The van der Waals surface area contributed by atoms with E-state index in [2.05, 4.69) is 27.7 Å². The van der Waals surface area contributed by atoms with E-state index in [1.165, 1.54) is 12.8 Å². The highest BCUT2D eigenvalue weighted by Crippen LogP contribution is 2.35. The van der Waals surface area contributed by atoms with E-state index in [0.717, 1.165) is 12.8 Å². The normalized spacial score (nSPS) is 28.7. The minimum Gasteiger partial charge on any atom is -0.394 e. The van der Waals surface area contributed by atoms with Gasteiger partial charge in [0.2, 0.25) is 0 Å². The van der Waals surface area contributed by atoms with Gasteiger partial charge >= 0.3 is 0 Å². The van der Waals surface area contributed by atoms with E-state index in [1.807, 2.05) is 13.8 Å². The van der Waals surface area contributed by atoms with Crippen molar-refractivity contribution < 1.29 is 20.1 Å². The summed E-state index contributed by atoms with van der Waals surface area (Å²) in [6, 6.07) is 0. The quantitative estimate of drug-likeness (QED) is 0.669. The molecule has 4 heteroatoms. The molecule has 3 N–H and O–H groups in total. The molecular weight excluding hydrogens is 292 g/mol. The Morgan fingerprint density at radius 3 is 2.09 bits per heavy atom. The second kappa shape index (κ2) is 12.2. The van der Waals surface area contributed by atoms with Gasteiger partial charge in [0.15, 0.2) is 0 Å². The fourth-order valence-corrected chi connectivity index (χ4v) is 2.93. The first-order chi connectivity index (χ1) is 10.7. The van der Waals surface area contributed by atoms with Gasteiger partial charge in [-0.3, -0.25) is 0 Å². The van der Waals surface area contributed by atoms with Crippen molar-refractivity contribution in [2.75, 3.05) is 13.2 Å². The highest BCUT2D eigenvalue weighted by molar-refractivity contribution is 4.81. The SMILES string of the molecule is CC1CCC(C(C)C)C(OCC(O)CO)C1.CCC(C)C(C)O. The molecular formula is C19H40O4. The third kappa shape index (κ3) is 9.65. The summed E-state index contributed by atoms with van der Waals surface area (Å²) < 4.78 is 5.77. The molecule has 0 heterocycles. The van der Waals surface area contributed by atoms with Crippen LogP contribution in [-0.2, 0) is 4.74 Å². The zero-order chi connectivity index (χ0) is 18.0. The van der Waals surface area contributed by atoms with Crippen LogP contribution in [0.5, 0.6) is 0 Å². The van der Waals surface area contributed by atoms with E-state index < -0.39 is 6.10 Å². The number of rotatable bonds is 7. The molecule has 4 nitrogen and oxygen atoms in total. The molecule has 6 atom stereocenters. The van der Waals surface area contributed by atoms with Crippen molar-refractivity contribution in [3.63, 3.8) is 0 Å². The molecule has 0 amide bonds. The predicted octanol–water partition coefficient (Wildman–Crippen LogP) is 3.23. The van der Waals surface area contributed by atoms with Gasteiger partial charge in [0.25, 0.3) is 0 Å². The molecule has 0 bridgehead atoms. The Balaban J connectivity index is 0.000000585. The topological polar surface area (TPSA) is 69.9 Å². The molecule has 0 aliphatic heterocycles. The minimum atomic E-state index is -0.731. The second-order valence-corrected chi connectivity index (χ2v) is 7.66. The highest BCUT2D eigenvalue weighted by Gasteiger charge is 2.31. The van der Waals surface area contributed by atoms with Crippen molar-refractivity contribution in [3.8, 4) is 0 Å². The molecule has 0 aromatic heterocycles. The van der Waals surface area contributed by atoms with Crippen molar-refractivity contribution in [1.82, 2.24) is 0 Å². The molecule has 6 unspecified atom stereocenters. The summed E-state index contributed by atoms with van der Waals surface area (Å²) in [6.45, 7) is 12.7. The summed E-state index contributed by atoms with van der Waals surface area (Å²) in [7, 11) is 0. The molecule has 0 radical (unpaired) electrons. The Hall–Kier alpha value is -0.160. The predicted molar refractivity (Wildman–Crippen MR) is 95.3 cm³/mol. The fourth-order valence-electron chi connectivity index (χ4n) is 2.93. The second-order valence-electron chi connectivity index (χ2n) is 7.66. The first kappa shape index (κ1) is 22.8. The number of hydrogen-bond acceptors (Lipinski definition) is 4. The van der Waals surface area contributed by atoms with E-state index in [-0.39, 0.29) is 25.4 Å². The zero-order valence-electron chi connectivity index (χ0n) is 16.0. The molecule has 140 valence electrons. The Kier molecular flexibility index (Phi) is 12.2. The van der Waals surface area contributed by atoms with E-state index >= 15 is 0 Å². The maximum atomic E-state index is 9.30. The third-order valence-electron chi connectivity index (χ3n) is 5.14. The van der Waals surface area contributed by atoms with Crippen LogP contribution in [-0.4, -0.2) is 46.8 Å². The Bertz CT molecular complexity index is 281. The highest BCUT2D eigenvalue weighted by atomic mass is 16.5. The van der Waals surface area contributed by atoms with E-state index in [4.69, 9.17) is 14.9 Å². The summed E-state index contributed by atoms with van der Waals surface area (Å²) in [6.07, 6.45) is 4.04. The fraction of sp³-hybridized carbons (Fsp3) is 1.00. The zero-order valence-corrected chi connectivity index (χ0v) is 16.0. The standard InChI is InChI=1S/C13H26O3.C6H14O/c1-9(2)12-5-4-10(3)6-13(12)16-8-11(15)7-14;1-4-5(2)6(3)7/h9-15H,4-8H2,1-3H3;5-7H,4H2,1-3H3.